The molecule has 1 heterocycles. The van der Waals surface area contributed by atoms with Crippen LogP contribution in [0.2, 0.25) is 0 Å². The van der Waals surface area contributed by atoms with E-state index in [2.05, 4.69) is 10.3 Å². The first-order valence-corrected chi connectivity index (χ1v) is 5.24. The van der Waals surface area contributed by atoms with Crippen molar-refractivity contribution in [1.82, 2.24) is 4.98 Å². The van der Waals surface area contributed by atoms with Gasteiger partial charge in [-0.1, -0.05) is 12.1 Å². The SMILES string of the molecule is O=[N+]([O-])c1cccc(CNc2ccc(F)cn2)c1. The Bertz CT molecular complexity index is 558. The fraction of sp³-hybridized carbons (Fsp3) is 0.0833. The Labute approximate surface area is 102 Å². The number of pyridine rings is 1. The second-order valence-electron chi connectivity index (χ2n) is 3.64. The highest BCUT2D eigenvalue weighted by Gasteiger charge is 2.05. The summed E-state index contributed by atoms with van der Waals surface area (Å²) in [6, 6.07) is 9.10. The molecule has 0 radical (unpaired) electrons. The van der Waals surface area contributed by atoms with Crippen LogP contribution in [0.3, 0.4) is 0 Å². The van der Waals surface area contributed by atoms with Gasteiger partial charge in [0, 0.05) is 18.7 Å². The van der Waals surface area contributed by atoms with Gasteiger partial charge in [0.15, 0.2) is 0 Å². The summed E-state index contributed by atoms with van der Waals surface area (Å²) in [6.45, 7) is 0.389. The Morgan fingerprint density at radius 3 is 2.83 bits per heavy atom. The maximum Gasteiger partial charge on any atom is 0.269 e. The van der Waals surface area contributed by atoms with E-state index in [4.69, 9.17) is 0 Å². The monoisotopic (exact) mass is 247 g/mol. The second-order valence-corrected chi connectivity index (χ2v) is 3.64. The summed E-state index contributed by atoms with van der Waals surface area (Å²) in [7, 11) is 0. The van der Waals surface area contributed by atoms with Crippen LogP contribution in [0.4, 0.5) is 15.9 Å². The number of aromatic nitrogens is 1. The third-order valence-electron chi connectivity index (χ3n) is 2.32. The number of benzene rings is 1. The van der Waals surface area contributed by atoms with E-state index in [9.17, 15) is 14.5 Å². The molecule has 1 aromatic heterocycles. The lowest BCUT2D eigenvalue weighted by Gasteiger charge is -2.05. The van der Waals surface area contributed by atoms with Gasteiger partial charge < -0.3 is 5.32 Å². The molecule has 0 saturated heterocycles. The quantitative estimate of drug-likeness (QED) is 0.666. The average Bonchev–Trinajstić information content (AvgIpc) is 2.38. The molecule has 1 aromatic carbocycles. The van der Waals surface area contributed by atoms with Gasteiger partial charge in [-0.25, -0.2) is 9.37 Å². The predicted molar refractivity (Wildman–Crippen MR) is 64.6 cm³/mol. The summed E-state index contributed by atoms with van der Waals surface area (Å²) in [6.07, 6.45) is 1.11. The zero-order valence-electron chi connectivity index (χ0n) is 9.34. The van der Waals surface area contributed by atoms with Gasteiger partial charge in [-0.2, -0.15) is 0 Å². The Morgan fingerprint density at radius 2 is 2.17 bits per heavy atom. The average molecular weight is 247 g/mol. The first-order valence-electron chi connectivity index (χ1n) is 5.24. The summed E-state index contributed by atoms with van der Waals surface area (Å²) in [5.74, 6) is 0.110. The number of nitrogens with zero attached hydrogens (tertiary/aromatic N) is 2. The maximum absolute atomic E-state index is 12.6. The van der Waals surface area contributed by atoms with Crippen LogP contribution in [0.15, 0.2) is 42.6 Å². The number of nitro benzene ring substituents is 1. The number of nitro groups is 1. The lowest BCUT2D eigenvalue weighted by Crippen LogP contribution is -2.01. The smallest absolute Gasteiger partial charge is 0.269 e. The van der Waals surface area contributed by atoms with Crippen LogP contribution in [0.5, 0.6) is 0 Å². The molecule has 0 atom stereocenters. The fourth-order valence-electron chi connectivity index (χ4n) is 1.45. The summed E-state index contributed by atoms with van der Waals surface area (Å²) in [5.41, 5.74) is 0.802. The fourth-order valence-corrected chi connectivity index (χ4v) is 1.45. The van der Waals surface area contributed by atoms with Crippen molar-refractivity contribution in [3.8, 4) is 0 Å². The van der Waals surface area contributed by atoms with Gasteiger partial charge in [0.1, 0.15) is 11.6 Å². The highest BCUT2D eigenvalue weighted by molar-refractivity contribution is 5.38. The van der Waals surface area contributed by atoms with Gasteiger partial charge in [0.25, 0.3) is 5.69 Å². The van der Waals surface area contributed by atoms with Crippen molar-refractivity contribution >= 4 is 11.5 Å². The predicted octanol–water partition coefficient (Wildman–Crippen LogP) is 2.74. The third-order valence-corrected chi connectivity index (χ3v) is 2.32. The van der Waals surface area contributed by atoms with E-state index in [1.54, 1.807) is 12.1 Å². The van der Waals surface area contributed by atoms with Crippen LogP contribution in [-0.4, -0.2) is 9.91 Å². The summed E-state index contributed by atoms with van der Waals surface area (Å²) in [5, 5.41) is 13.5. The van der Waals surface area contributed by atoms with Crippen LogP contribution in [0.1, 0.15) is 5.56 Å². The van der Waals surface area contributed by atoms with Gasteiger partial charge in [0.05, 0.1) is 11.1 Å². The van der Waals surface area contributed by atoms with Gasteiger partial charge in [0.2, 0.25) is 0 Å². The number of nitrogens with one attached hydrogen (secondary N) is 1. The van der Waals surface area contributed by atoms with Crippen molar-refractivity contribution in [3.63, 3.8) is 0 Å². The van der Waals surface area contributed by atoms with Gasteiger partial charge in [-0.05, 0) is 17.7 Å². The van der Waals surface area contributed by atoms with E-state index in [1.807, 2.05) is 0 Å². The molecule has 0 saturated carbocycles. The third kappa shape index (κ3) is 3.00. The lowest BCUT2D eigenvalue weighted by atomic mass is 10.2. The molecule has 5 nitrogen and oxygen atoms in total. The standard InChI is InChI=1S/C12H10FN3O2/c13-10-4-5-12(15-8-10)14-7-9-2-1-3-11(6-9)16(17)18/h1-6,8H,7H2,(H,14,15). The molecular weight excluding hydrogens is 237 g/mol. The topological polar surface area (TPSA) is 68.1 Å². The molecule has 1 N–H and O–H groups in total. The molecular formula is C12H10FN3O2. The number of rotatable bonds is 4. The number of non-ortho nitro benzene ring substituents is 1. The van der Waals surface area contributed by atoms with Crippen molar-refractivity contribution in [1.29, 1.82) is 0 Å². The molecule has 2 rings (SSSR count). The highest BCUT2D eigenvalue weighted by atomic mass is 19.1. The van der Waals surface area contributed by atoms with Crippen molar-refractivity contribution in [2.75, 3.05) is 5.32 Å². The van der Waals surface area contributed by atoms with E-state index >= 15 is 0 Å². The second kappa shape index (κ2) is 5.22. The highest BCUT2D eigenvalue weighted by Crippen LogP contribution is 2.14. The number of hydrogen-bond acceptors (Lipinski definition) is 4. The summed E-state index contributed by atoms with van der Waals surface area (Å²) >= 11 is 0. The molecule has 0 aliphatic heterocycles. The Hall–Kier alpha value is -2.50. The molecule has 2 aromatic rings. The Balaban J connectivity index is 2.04. The van der Waals surface area contributed by atoms with E-state index in [0.29, 0.717) is 12.4 Å². The minimum Gasteiger partial charge on any atom is -0.366 e. The van der Waals surface area contributed by atoms with E-state index in [1.165, 1.54) is 24.3 Å². The molecule has 0 unspecified atom stereocenters. The molecule has 0 aliphatic carbocycles. The first kappa shape index (κ1) is 12.0. The maximum atomic E-state index is 12.6. The Kier molecular flexibility index (Phi) is 3.47. The molecule has 0 spiro atoms. The van der Waals surface area contributed by atoms with Crippen LogP contribution < -0.4 is 5.32 Å². The van der Waals surface area contributed by atoms with Gasteiger partial charge in [-0.3, -0.25) is 10.1 Å². The summed E-state index contributed by atoms with van der Waals surface area (Å²) in [4.78, 5) is 14.0. The van der Waals surface area contributed by atoms with Gasteiger partial charge in [-0.15, -0.1) is 0 Å². The van der Waals surface area contributed by atoms with Crippen LogP contribution in [-0.2, 0) is 6.54 Å². The Morgan fingerprint density at radius 1 is 1.33 bits per heavy atom. The molecule has 92 valence electrons. The molecule has 0 aliphatic rings. The molecule has 6 heteroatoms. The first-order chi connectivity index (χ1) is 8.65. The normalized spacial score (nSPS) is 10.1. The molecule has 0 bridgehead atoms. The number of hydrogen-bond donors (Lipinski definition) is 1. The van der Waals surface area contributed by atoms with E-state index in [-0.39, 0.29) is 5.69 Å². The largest absolute Gasteiger partial charge is 0.366 e. The summed E-state index contributed by atoms with van der Waals surface area (Å²) < 4.78 is 12.6. The minimum atomic E-state index is -0.445. The van der Waals surface area contributed by atoms with Crippen LogP contribution >= 0.6 is 0 Å². The van der Waals surface area contributed by atoms with Crippen LogP contribution in [0.25, 0.3) is 0 Å². The van der Waals surface area contributed by atoms with E-state index in [0.717, 1.165) is 11.8 Å². The molecule has 18 heavy (non-hydrogen) atoms. The van der Waals surface area contributed by atoms with Crippen molar-refractivity contribution in [3.05, 3.63) is 64.1 Å². The molecule has 0 amide bonds. The minimum absolute atomic E-state index is 0.0429. The van der Waals surface area contributed by atoms with Crippen molar-refractivity contribution in [2.24, 2.45) is 0 Å². The zero-order valence-corrected chi connectivity index (χ0v) is 9.34. The van der Waals surface area contributed by atoms with E-state index < -0.39 is 10.7 Å². The van der Waals surface area contributed by atoms with Crippen LogP contribution in [0, 0.1) is 15.9 Å². The van der Waals surface area contributed by atoms with Gasteiger partial charge >= 0.3 is 0 Å². The van der Waals surface area contributed by atoms with Crippen molar-refractivity contribution < 1.29 is 9.31 Å². The zero-order chi connectivity index (χ0) is 13.0. The number of halogens is 1. The lowest BCUT2D eigenvalue weighted by molar-refractivity contribution is -0.384. The van der Waals surface area contributed by atoms with Crippen molar-refractivity contribution in [2.45, 2.75) is 6.54 Å². The molecule has 0 fully saturated rings. The number of anilines is 1.